The first-order valence-corrected chi connectivity index (χ1v) is 8.69. The lowest BCUT2D eigenvalue weighted by Crippen LogP contribution is -2.40. The molecule has 0 spiro atoms. The van der Waals surface area contributed by atoms with Gasteiger partial charge < -0.3 is 10.5 Å². The zero-order valence-electron chi connectivity index (χ0n) is 12.2. The van der Waals surface area contributed by atoms with Crippen LogP contribution < -0.4 is 10.5 Å². The third-order valence-electron chi connectivity index (χ3n) is 2.87. The molecule has 0 aliphatic heterocycles. The molecular formula is C13H20Cl2N2O3S. The van der Waals surface area contributed by atoms with Gasteiger partial charge in [-0.15, -0.1) is 0 Å². The van der Waals surface area contributed by atoms with E-state index in [9.17, 15) is 8.42 Å². The van der Waals surface area contributed by atoms with Crippen molar-refractivity contribution in [3.05, 3.63) is 27.7 Å². The Balaban J connectivity index is 3.04. The van der Waals surface area contributed by atoms with Crippen LogP contribution >= 0.6 is 23.2 Å². The highest BCUT2D eigenvalue weighted by Gasteiger charge is 2.25. The van der Waals surface area contributed by atoms with Crippen molar-refractivity contribution in [2.75, 3.05) is 13.2 Å². The molecule has 0 heterocycles. The van der Waals surface area contributed by atoms with Crippen molar-refractivity contribution in [3.63, 3.8) is 0 Å². The van der Waals surface area contributed by atoms with Gasteiger partial charge in [-0.25, -0.2) is 13.1 Å². The van der Waals surface area contributed by atoms with E-state index >= 15 is 0 Å². The molecule has 0 radical (unpaired) electrons. The highest BCUT2D eigenvalue weighted by Crippen LogP contribution is 2.30. The Labute approximate surface area is 135 Å². The third-order valence-corrected chi connectivity index (χ3v) is 5.21. The summed E-state index contributed by atoms with van der Waals surface area (Å²) in [5.74, 6) is 0. The molecule has 1 rings (SSSR count). The van der Waals surface area contributed by atoms with Crippen molar-refractivity contribution >= 4 is 33.2 Å². The van der Waals surface area contributed by atoms with Gasteiger partial charge in [0.25, 0.3) is 0 Å². The maximum atomic E-state index is 12.3. The SMILES string of the molecule is CCOC(C)(C)CNS(=O)(=O)c1ccc(Cl)c(CN)c1Cl. The number of hydrogen-bond acceptors (Lipinski definition) is 4. The third kappa shape index (κ3) is 4.81. The molecule has 0 aliphatic rings. The fraction of sp³-hybridized carbons (Fsp3) is 0.538. The molecule has 0 amide bonds. The smallest absolute Gasteiger partial charge is 0.242 e. The van der Waals surface area contributed by atoms with E-state index in [4.69, 9.17) is 33.7 Å². The molecule has 0 atom stereocenters. The van der Waals surface area contributed by atoms with Crippen LogP contribution in [0.5, 0.6) is 0 Å². The van der Waals surface area contributed by atoms with Crippen molar-refractivity contribution in [2.45, 2.75) is 37.8 Å². The number of halogens is 2. The molecule has 0 saturated carbocycles. The minimum atomic E-state index is -3.77. The van der Waals surface area contributed by atoms with E-state index in [0.717, 1.165) is 0 Å². The van der Waals surface area contributed by atoms with E-state index in [2.05, 4.69) is 4.72 Å². The Hall–Kier alpha value is -0.370. The lowest BCUT2D eigenvalue weighted by Gasteiger charge is -2.25. The second-order valence-electron chi connectivity index (χ2n) is 5.06. The number of rotatable bonds is 7. The molecule has 8 heteroatoms. The van der Waals surface area contributed by atoms with Crippen LogP contribution in [0, 0.1) is 0 Å². The van der Waals surface area contributed by atoms with Crippen molar-refractivity contribution < 1.29 is 13.2 Å². The van der Waals surface area contributed by atoms with Gasteiger partial charge in [-0.1, -0.05) is 23.2 Å². The van der Waals surface area contributed by atoms with Gasteiger partial charge in [0.15, 0.2) is 0 Å². The first-order chi connectivity index (χ1) is 9.64. The van der Waals surface area contributed by atoms with Crippen molar-refractivity contribution in [2.24, 2.45) is 5.73 Å². The first-order valence-electron chi connectivity index (χ1n) is 6.45. The maximum absolute atomic E-state index is 12.3. The quantitative estimate of drug-likeness (QED) is 0.788. The van der Waals surface area contributed by atoms with Crippen molar-refractivity contribution in [1.82, 2.24) is 4.72 Å². The average Bonchev–Trinajstić information content (AvgIpc) is 2.37. The minimum absolute atomic E-state index is 0.0404. The molecule has 0 bridgehead atoms. The molecule has 0 aromatic heterocycles. The average molecular weight is 355 g/mol. The molecule has 5 nitrogen and oxygen atoms in total. The predicted molar refractivity (Wildman–Crippen MR) is 85.2 cm³/mol. The molecule has 0 fully saturated rings. The van der Waals surface area contributed by atoms with Crippen LogP contribution in [0.1, 0.15) is 26.3 Å². The van der Waals surface area contributed by atoms with Gasteiger partial charge in [0.2, 0.25) is 10.0 Å². The summed E-state index contributed by atoms with van der Waals surface area (Å²) in [5.41, 5.74) is 5.34. The van der Waals surface area contributed by atoms with Crippen molar-refractivity contribution in [3.8, 4) is 0 Å². The van der Waals surface area contributed by atoms with Crippen LogP contribution in [0.4, 0.5) is 0 Å². The van der Waals surface area contributed by atoms with E-state index in [-0.39, 0.29) is 23.0 Å². The molecule has 3 N–H and O–H groups in total. The molecule has 120 valence electrons. The van der Waals surface area contributed by atoms with Crippen LogP contribution in [0.2, 0.25) is 10.0 Å². The van der Waals surface area contributed by atoms with E-state index in [0.29, 0.717) is 17.2 Å². The highest BCUT2D eigenvalue weighted by atomic mass is 35.5. The van der Waals surface area contributed by atoms with Gasteiger partial charge >= 0.3 is 0 Å². The number of hydrogen-bond donors (Lipinski definition) is 2. The summed E-state index contributed by atoms with van der Waals surface area (Å²) in [6, 6.07) is 2.83. The topological polar surface area (TPSA) is 81.4 Å². The number of nitrogens with two attached hydrogens (primary N) is 1. The lowest BCUT2D eigenvalue weighted by molar-refractivity contribution is -0.00515. The molecule has 1 aromatic rings. The van der Waals surface area contributed by atoms with E-state index < -0.39 is 15.6 Å². The summed E-state index contributed by atoms with van der Waals surface area (Å²) < 4.78 is 32.6. The minimum Gasteiger partial charge on any atom is -0.375 e. The number of ether oxygens (including phenoxy) is 1. The van der Waals surface area contributed by atoms with E-state index in [1.165, 1.54) is 12.1 Å². The summed E-state index contributed by atoms with van der Waals surface area (Å²) in [7, 11) is -3.77. The molecule has 0 aliphatic carbocycles. The molecular weight excluding hydrogens is 335 g/mol. The number of benzene rings is 1. The van der Waals surface area contributed by atoms with Gasteiger partial charge in [-0.05, 0) is 32.9 Å². The molecule has 0 unspecified atom stereocenters. The van der Waals surface area contributed by atoms with Crippen molar-refractivity contribution in [1.29, 1.82) is 0 Å². The molecule has 0 saturated heterocycles. The van der Waals surface area contributed by atoms with Crippen LogP contribution in [-0.4, -0.2) is 27.2 Å². The fourth-order valence-corrected chi connectivity index (χ4v) is 3.89. The Morgan fingerprint density at radius 2 is 1.95 bits per heavy atom. The summed E-state index contributed by atoms with van der Waals surface area (Å²) >= 11 is 12.0. The van der Waals surface area contributed by atoms with Crippen LogP contribution in [-0.2, 0) is 21.3 Å². The van der Waals surface area contributed by atoms with Gasteiger partial charge in [0.1, 0.15) is 4.90 Å². The standard InChI is InChI=1S/C13H20Cl2N2O3S/c1-4-20-13(2,3)8-17-21(18,19)11-6-5-10(14)9(7-16)12(11)15/h5-6,17H,4,7-8,16H2,1-3H3. The Morgan fingerprint density at radius 1 is 1.33 bits per heavy atom. The molecule has 1 aromatic carbocycles. The molecule has 21 heavy (non-hydrogen) atoms. The number of nitrogens with one attached hydrogen (secondary N) is 1. The largest absolute Gasteiger partial charge is 0.375 e. The first kappa shape index (κ1) is 18.7. The van der Waals surface area contributed by atoms with Crippen LogP contribution in [0.25, 0.3) is 0 Å². The summed E-state index contributed by atoms with van der Waals surface area (Å²) in [6.45, 7) is 6.13. The predicted octanol–water partition coefficient (Wildman–Crippen LogP) is 2.55. The zero-order chi connectivity index (χ0) is 16.3. The second-order valence-corrected chi connectivity index (χ2v) is 7.58. The lowest BCUT2D eigenvalue weighted by atomic mass is 10.1. The van der Waals surface area contributed by atoms with Gasteiger partial charge in [-0.3, -0.25) is 0 Å². The van der Waals surface area contributed by atoms with E-state index in [1.54, 1.807) is 13.8 Å². The fourth-order valence-electron chi connectivity index (χ4n) is 1.76. The van der Waals surface area contributed by atoms with E-state index in [1.807, 2.05) is 6.92 Å². The summed E-state index contributed by atoms with van der Waals surface area (Å²) in [5, 5.41) is 0.391. The summed E-state index contributed by atoms with van der Waals surface area (Å²) in [4.78, 5) is -0.0404. The van der Waals surface area contributed by atoms with Crippen LogP contribution in [0.3, 0.4) is 0 Å². The van der Waals surface area contributed by atoms with Gasteiger partial charge in [0, 0.05) is 30.3 Å². The monoisotopic (exact) mass is 354 g/mol. The zero-order valence-corrected chi connectivity index (χ0v) is 14.6. The normalized spacial score (nSPS) is 12.7. The van der Waals surface area contributed by atoms with Gasteiger partial charge in [-0.2, -0.15) is 0 Å². The van der Waals surface area contributed by atoms with Gasteiger partial charge in [0.05, 0.1) is 10.6 Å². The second kappa shape index (κ2) is 7.26. The summed E-state index contributed by atoms with van der Waals surface area (Å²) in [6.07, 6.45) is 0. The number of sulfonamides is 1. The van der Waals surface area contributed by atoms with Crippen LogP contribution in [0.15, 0.2) is 17.0 Å². The maximum Gasteiger partial charge on any atom is 0.242 e. The Kier molecular flexibility index (Phi) is 6.46. The Bertz CT molecular complexity index is 604. The Morgan fingerprint density at radius 3 is 2.48 bits per heavy atom. The highest BCUT2D eigenvalue weighted by molar-refractivity contribution is 7.89.